The number of carbonyl (C=O) groups excluding carboxylic acids is 2. The molecule has 0 aliphatic carbocycles. The number of ketones is 1. The highest BCUT2D eigenvalue weighted by atomic mass is 35.5. The monoisotopic (exact) mass is 362 g/mol. The van der Waals surface area contributed by atoms with Crippen LogP contribution >= 0.6 is 11.6 Å². The molecule has 0 fully saturated rings. The highest BCUT2D eigenvalue weighted by molar-refractivity contribution is 6.33. The minimum Gasteiger partial charge on any atom is -0.349 e. The number of anilines is 1. The van der Waals surface area contributed by atoms with Gasteiger partial charge < -0.3 is 14.8 Å². The van der Waals surface area contributed by atoms with Crippen LogP contribution in [-0.2, 0) is 11.3 Å². The Balaban J connectivity index is 1.95. The summed E-state index contributed by atoms with van der Waals surface area (Å²) >= 11 is 6.04. The maximum Gasteiger partial charge on any atom is 0.279 e. The van der Waals surface area contributed by atoms with Gasteiger partial charge in [0.25, 0.3) is 5.91 Å². The third kappa shape index (κ3) is 4.71. The van der Waals surface area contributed by atoms with E-state index in [-0.39, 0.29) is 24.8 Å². The summed E-state index contributed by atoms with van der Waals surface area (Å²) in [6.45, 7) is 7.33. The van der Waals surface area contributed by atoms with Gasteiger partial charge in [-0.1, -0.05) is 23.7 Å². The number of benzene rings is 1. The average Bonchev–Trinajstić information content (AvgIpc) is 2.83. The molecule has 0 spiro atoms. The van der Waals surface area contributed by atoms with Gasteiger partial charge in [0.1, 0.15) is 6.54 Å². The van der Waals surface area contributed by atoms with E-state index in [2.05, 4.69) is 16.8 Å². The summed E-state index contributed by atoms with van der Waals surface area (Å²) in [6, 6.07) is 9.02. The van der Waals surface area contributed by atoms with Crippen LogP contribution in [0.25, 0.3) is 0 Å². The van der Waals surface area contributed by atoms with Crippen molar-refractivity contribution in [1.29, 1.82) is 0 Å². The van der Waals surface area contributed by atoms with Crippen LogP contribution in [0.1, 0.15) is 28.7 Å². The first-order chi connectivity index (χ1) is 11.8. The number of likely N-dealkylation sites (N-methyl/N-ethyl adjacent to an activating group) is 1. The molecular weight excluding hydrogens is 338 g/mol. The molecule has 0 aliphatic heterocycles. The van der Waals surface area contributed by atoms with Crippen LogP contribution in [-0.4, -0.2) is 36.4 Å². The fourth-order valence-corrected chi connectivity index (χ4v) is 3.22. The Kier molecular flexibility index (Phi) is 6.39. The molecule has 2 rings (SSSR count). The first kappa shape index (κ1) is 19.2. The summed E-state index contributed by atoms with van der Waals surface area (Å²) in [5.74, 6) is -0.117. The number of hydrogen-bond donors (Lipinski definition) is 2. The fraction of sp³-hybridized carbons (Fsp3) is 0.368. The number of quaternary nitrogens is 1. The van der Waals surface area contributed by atoms with Crippen molar-refractivity contribution in [1.82, 2.24) is 4.57 Å². The summed E-state index contributed by atoms with van der Waals surface area (Å²) in [7, 11) is 1.84. The van der Waals surface area contributed by atoms with Gasteiger partial charge in [-0.15, -0.1) is 0 Å². The number of Topliss-reactive ketones (excluding diaryl/α,β-unsaturated/α-hetero) is 1. The molecule has 134 valence electrons. The maximum atomic E-state index is 12.6. The first-order valence-corrected chi connectivity index (χ1v) is 8.76. The largest absolute Gasteiger partial charge is 0.349 e. The van der Waals surface area contributed by atoms with Crippen molar-refractivity contribution in [3.8, 4) is 0 Å². The van der Waals surface area contributed by atoms with Gasteiger partial charge >= 0.3 is 0 Å². The molecule has 0 radical (unpaired) electrons. The van der Waals surface area contributed by atoms with Crippen molar-refractivity contribution in [3.63, 3.8) is 0 Å². The normalized spacial score (nSPS) is 12.0. The molecule has 0 saturated heterocycles. The predicted molar refractivity (Wildman–Crippen MR) is 101 cm³/mol. The SMILES string of the molecule is CCn1c(C)cc(C(=O)C[NH+](C)CC(=O)Nc2ccccc2Cl)c1C. The molecule has 1 unspecified atom stereocenters. The minimum absolute atomic E-state index is 0.0517. The van der Waals surface area contributed by atoms with Gasteiger partial charge in [0.15, 0.2) is 6.54 Å². The number of halogens is 1. The van der Waals surface area contributed by atoms with Crippen LogP contribution in [0, 0.1) is 13.8 Å². The Morgan fingerprint density at radius 1 is 1.20 bits per heavy atom. The number of nitrogens with one attached hydrogen (secondary N) is 2. The number of para-hydroxylation sites is 1. The zero-order chi connectivity index (χ0) is 18.6. The zero-order valence-electron chi connectivity index (χ0n) is 15.1. The smallest absolute Gasteiger partial charge is 0.279 e. The number of hydrogen-bond acceptors (Lipinski definition) is 2. The van der Waals surface area contributed by atoms with Gasteiger partial charge in [-0.2, -0.15) is 0 Å². The number of aromatic nitrogens is 1. The third-order valence-electron chi connectivity index (χ3n) is 4.26. The topological polar surface area (TPSA) is 55.5 Å². The van der Waals surface area contributed by atoms with E-state index in [1.54, 1.807) is 18.2 Å². The summed E-state index contributed by atoms with van der Waals surface area (Å²) < 4.78 is 2.12. The maximum absolute atomic E-state index is 12.6. The van der Waals surface area contributed by atoms with Crippen LogP contribution < -0.4 is 10.2 Å². The van der Waals surface area contributed by atoms with Crippen molar-refractivity contribution in [2.75, 3.05) is 25.5 Å². The molecule has 5 nitrogen and oxygen atoms in total. The van der Waals surface area contributed by atoms with Gasteiger partial charge in [0, 0.05) is 23.5 Å². The highest BCUT2D eigenvalue weighted by Gasteiger charge is 2.20. The van der Waals surface area contributed by atoms with Gasteiger partial charge in [0.2, 0.25) is 5.78 Å². The lowest BCUT2D eigenvalue weighted by molar-refractivity contribution is -0.861. The van der Waals surface area contributed by atoms with Gasteiger partial charge in [-0.3, -0.25) is 9.59 Å². The van der Waals surface area contributed by atoms with E-state index in [1.165, 1.54) is 0 Å². The molecule has 2 N–H and O–H groups in total. The van der Waals surface area contributed by atoms with E-state index in [0.717, 1.165) is 28.4 Å². The van der Waals surface area contributed by atoms with Crippen molar-refractivity contribution < 1.29 is 14.5 Å². The summed E-state index contributed by atoms with van der Waals surface area (Å²) in [5.41, 5.74) is 3.39. The van der Waals surface area contributed by atoms with E-state index >= 15 is 0 Å². The Hall–Kier alpha value is -2.11. The molecule has 0 bridgehead atoms. The lowest BCUT2D eigenvalue weighted by Gasteiger charge is -2.14. The predicted octanol–water partition coefficient (Wildman–Crippen LogP) is 2.11. The summed E-state index contributed by atoms with van der Waals surface area (Å²) in [4.78, 5) is 25.6. The molecular formula is C19H25ClN3O2+. The zero-order valence-corrected chi connectivity index (χ0v) is 15.9. The van der Waals surface area contributed by atoms with Gasteiger partial charge in [0.05, 0.1) is 17.8 Å². The highest BCUT2D eigenvalue weighted by Crippen LogP contribution is 2.20. The van der Waals surface area contributed by atoms with Crippen LogP contribution in [0.4, 0.5) is 5.69 Å². The van der Waals surface area contributed by atoms with E-state index in [1.807, 2.05) is 33.0 Å². The molecule has 1 heterocycles. The second-order valence-electron chi connectivity index (χ2n) is 6.29. The van der Waals surface area contributed by atoms with Crippen LogP contribution in [0.3, 0.4) is 0 Å². The third-order valence-corrected chi connectivity index (χ3v) is 4.59. The van der Waals surface area contributed by atoms with Crippen LogP contribution in [0.2, 0.25) is 5.02 Å². The second kappa shape index (κ2) is 8.32. The number of aryl methyl sites for hydroxylation is 1. The second-order valence-corrected chi connectivity index (χ2v) is 6.70. The summed E-state index contributed by atoms with van der Waals surface area (Å²) in [6.07, 6.45) is 0. The standard InChI is InChI=1S/C19H24ClN3O2/c1-5-23-13(2)10-15(14(23)3)18(24)11-22(4)12-19(25)21-17-9-7-6-8-16(17)20/h6-10H,5,11-12H2,1-4H3,(H,21,25)/p+1. The number of amides is 1. The molecule has 1 aromatic heterocycles. The lowest BCUT2D eigenvalue weighted by Crippen LogP contribution is -3.11. The Labute approximate surface area is 153 Å². The molecule has 6 heteroatoms. The first-order valence-electron chi connectivity index (χ1n) is 8.39. The number of rotatable bonds is 7. The molecule has 0 aliphatic rings. The number of carbonyl (C=O) groups is 2. The van der Waals surface area contributed by atoms with Crippen LogP contribution in [0.15, 0.2) is 30.3 Å². The van der Waals surface area contributed by atoms with Crippen molar-refractivity contribution in [3.05, 3.63) is 52.3 Å². The van der Waals surface area contributed by atoms with Crippen LogP contribution in [0.5, 0.6) is 0 Å². The molecule has 25 heavy (non-hydrogen) atoms. The summed E-state index contributed by atoms with van der Waals surface area (Å²) in [5, 5.41) is 3.28. The van der Waals surface area contributed by atoms with E-state index in [0.29, 0.717) is 10.7 Å². The molecule has 1 amide bonds. The average molecular weight is 363 g/mol. The van der Waals surface area contributed by atoms with E-state index in [4.69, 9.17) is 11.6 Å². The van der Waals surface area contributed by atoms with Gasteiger partial charge in [-0.25, -0.2) is 0 Å². The lowest BCUT2D eigenvalue weighted by atomic mass is 10.1. The van der Waals surface area contributed by atoms with Crippen molar-refractivity contribution in [2.24, 2.45) is 0 Å². The minimum atomic E-state index is -0.169. The molecule has 1 atom stereocenters. The molecule has 0 saturated carbocycles. The Morgan fingerprint density at radius 3 is 2.48 bits per heavy atom. The Morgan fingerprint density at radius 2 is 1.88 bits per heavy atom. The molecule has 2 aromatic rings. The fourth-order valence-electron chi connectivity index (χ4n) is 3.03. The van der Waals surface area contributed by atoms with Crippen molar-refractivity contribution in [2.45, 2.75) is 27.3 Å². The number of nitrogens with zero attached hydrogens (tertiary/aromatic N) is 1. The quantitative estimate of drug-likeness (QED) is 0.741. The van der Waals surface area contributed by atoms with E-state index in [9.17, 15) is 9.59 Å². The van der Waals surface area contributed by atoms with E-state index < -0.39 is 0 Å². The Bertz CT molecular complexity index is 783. The van der Waals surface area contributed by atoms with Gasteiger partial charge in [-0.05, 0) is 39.0 Å². The molecule has 1 aromatic carbocycles. The van der Waals surface area contributed by atoms with Crippen molar-refractivity contribution >= 4 is 29.0 Å².